The summed E-state index contributed by atoms with van der Waals surface area (Å²) >= 11 is 8.40. The standard InChI is InChI=1S/C19H14ClIN2O2/c20-16-10-14(23-19(24)15-5-1-2-6-17(15)21)7-8-18(16)25-12-13-4-3-9-22-11-13/h1-11H,12H2,(H,23,24). The SMILES string of the molecule is O=C(Nc1ccc(OCc2cccnc2)c(Cl)c1)c1ccccc1I. The van der Waals surface area contributed by atoms with Crippen LogP contribution < -0.4 is 10.1 Å². The second-order valence-corrected chi connectivity index (χ2v) is 6.80. The van der Waals surface area contributed by atoms with E-state index in [-0.39, 0.29) is 5.91 Å². The number of carbonyl (C=O) groups excluding carboxylic acids is 1. The molecule has 0 radical (unpaired) electrons. The minimum Gasteiger partial charge on any atom is -0.487 e. The predicted octanol–water partition coefficient (Wildman–Crippen LogP) is 5.17. The molecule has 3 rings (SSSR count). The molecule has 0 saturated carbocycles. The first-order valence-corrected chi connectivity index (χ1v) is 8.96. The average molecular weight is 465 g/mol. The lowest BCUT2D eigenvalue weighted by Crippen LogP contribution is -2.13. The Balaban J connectivity index is 1.67. The Morgan fingerprint density at radius 3 is 2.72 bits per heavy atom. The highest BCUT2D eigenvalue weighted by molar-refractivity contribution is 14.1. The lowest BCUT2D eigenvalue weighted by atomic mass is 10.2. The quantitative estimate of drug-likeness (QED) is 0.530. The second-order valence-electron chi connectivity index (χ2n) is 5.23. The van der Waals surface area contributed by atoms with Crippen LogP contribution in [0.4, 0.5) is 5.69 Å². The van der Waals surface area contributed by atoms with Crippen molar-refractivity contribution in [1.29, 1.82) is 0 Å². The van der Waals surface area contributed by atoms with E-state index in [9.17, 15) is 4.79 Å². The summed E-state index contributed by atoms with van der Waals surface area (Å²) in [6.07, 6.45) is 3.45. The third kappa shape index (κ3) is 4.70. The van der Waals surface area contributed by atoms with Crippen molar-refractivity contribution >= 4 is 45.8 Å². The van der Waals surface area contributed by atoms with Gasteiger partial charge in [0, 0.05) is 27.2 Å². The Bertz CT molecular complexity index is 888. The number of benzene rings is 2. The highest BCUT2D eigenvalue weighted by Crippen LogP contribution is 2.28. The number of carbonyl (C=O) groups is 1. The molecule has 6 heteroatoms. The van der Waals surface area contributed by atoms with Crippen LogP contribution in [0, 0.1) is 3.57 Å². The number of anilines is 1. The van der Waals surface area contributed by atoms with E-state index in [1.165, 1.54) is 0 Å². The number of ether oxygens (including phenoxy) is 1. The molecular weight excluding hydrogens is 451 g/mol. The maximum atomic E-state index is 12.3. The Labute approximate surface area is 164 Å². The zero-order chi connectivity index (χ0) is 17.6. The first-order valence-electron chi connectivity index (χ1n) is 7.50. The number of hydrogen-bond acceptors (Lipinski definition) is 3. The van der Waals surface area contributed by atoms with Crippen molar-refractivity contribution in [2.45, 2.75) is 6.61 Å². The predicted molar refractivity (Wildman–Crippen MR) is 107 cm³/mol. The molecule has 1 amide bonds. The molecule has 0 aliphatic heterocycles. The minimum atomic E-state index is -0.176. The van der Waals surface area contributed by atoms with Crippen molar-refractivity contribution < 1.29 is 9.53 Å². The Morgan fingerprint density at radius 1 is 1.16 bits per heavy atom. The smallest absolute Gasteiger partial charge is 0.256 e. The molecule has 0 aliphatic rings. The molecule has 0 unspecified atom stereocenters. The number of rotatable bonds is 5. The van der Waals surface area contributed by atoms with E-state index >= 15 is 0 Å². The minimum absolute atomic E-state index is 0.176. The van der Waals surface area contributed by atoms with E-state index in [1.807, 2.05) is 30.3 Å². The molecule has 2 aromatic carbocycles. The summed E-state index contributed by atoms with van der Waals surface area (Å²) in [6.45, 7) is 0.376. The van der Waals surface area contributed by atoms with Gasteiger partial charge in [-0.1, -0.05) is 29.8 Å². The average Bonchev–Trinajstić information content (AvgIpc) is 2.62. The van der Waals surface area contributed by atoms with Gasteiger partial charge in [-0.3, -0.25) is 9.78 Å². The van der Waals surface area contributed by atoms with E-state index in [1.54, 1.807) is 36.7 Å². The Kier molecular flexibility index (Phi) is 5.88. The molecule has 1 heterocycles. The number of amides is 1. The van der Waals surface area contributed by atoms with Gasteiger partial charge in [-0.25, -0.2) is 0 Å². The molecule has 0 fully saturated rings. The van der Waals surface area contributed by atoms with Crippen LogP contribution in [0.5, 0.6) is 5.75 Å². The fourth-order valence-electron chi connectivity index (χ4n) is 2.18. The molecule has 126 valence electrons. The van der Waals surface area contributed by atoms with Gasteiger partial charge in [0.05, 0.1) is 10.6 Å². The lowest BCUT2D eigenvalue weighted by molar-refractivity contribution is 0.102. The fraction of sp³-hybridized carbons (Fsp3) is 0.0526. The normalized spacial score (nSPS) is 10.3. The third-order valence-corrected chi connectivity index (χ3v) is 4.66. The van der Waals surface area contributed by atoms with Gasteiger partial charge in [-0.2, -0.15) is 0 Å². The molecule has 0 saturated heterocycles. The van der Waals surface area contributed by atoms with Crippen molar-refractivity contribution in [3.63, 3.8) is 0 Å². The number of pyridine rings is 1. The molecular formula is C19H14ClIN2O2. The molecule has 3 aromatic rings. The monoisotopic (exact) mass is 464 g/mol. The largest absolute Gasteiger partial charge is 0.487 e. The molecule has 1 N–H and O–H groups in total. The molecule has 0 bridgehead atoms. The van der Waals surface area contributed by atoms with Crippen molar-refractivity contribution in [2.75, 3.05) is 5.32 Å². The van der Waals surface area contributed by atoms with E-state index in [0.29, 0.717) is 28.6 Å². The number of aromatic nitrogens is 1. The van der Waals surface area contributed by atoms with E-state index in [4.69, 9.17) is 16.3 Å². The van der Waals surface area contributed by atoms with Gasteiger partial charge in [0.25, 0.3) is 5.91 Å². The number of hydrogen-bond donors (Lipinski definition) is 1. The maximum absolute atomic E-state index is 12.3. The van der Waals surface area contributed by atoms with Crippen molar-refractivity contribution in [3.8, 4) is 5.75 Å². The van der Waals surface area contributed by atoms with Crippen LogP contribution in [0.3, 0.4) is 0 Å². The highest BCUT2D eigenvalue weighted by Gasteiger charge is 2.11. The summed E-state index contributed by atoms with van der Waals surface area (Å²) in [4.78, 5) is 16.4. The van der Waals surface area contributed by atoms with Crippen LogP contribution in [0.25, 0.3) is 0 Å². The van der Waals surface area contributed by atoms with E-state index in [0.717, 1.165) is 9.13 Å². The Hall–Kier alpha value is -2.12. The second kappa shape index (κ2) is 8.31. The number of nitrogens with zero attached hydrogens (tertiary/aromatic N) is 1. The van der Waals surface area contributed by atoms with Crippen LogP contribution in [0.1, 0.15) is 15.9 Å². The number of halogens is 2. The maximum Gasteiger partial charge on any atom is 0.256 e. The van der Waals surface area contributed by atoms with Crippen LogP contribution >= 0.6 is 34.2 Å². The summed E-state index contributed by atoms with van der Waals surface area (Å²) in [6, 6.07) is 16.3. The number of nitrogens with one attached hydrogen (secondary N) is 1. The van der Waals surface area contributed by atoms with Crippen LogP contribution in [0.2, 0.25) is 5.02 Å². The van der Waals surface area contributed by atoms with Crippen molar-refractivity contribution in [3.05, 3.63) is 86.7 Å². The van der Waals surface area contributed by atoms with Crippen LogP contribution in [-0.4, -0.2) is 10.9 Å². The molecule has 0 atom stereocenters. The van der Waals surface area contributed by atoms with E-state index < -0.39 is 0 Å². The lowest BCUT2D eigenvalue weighted by Gasteiger charge is -2.11. The zero-order valence-electron chi connectivity index (χ0n) is 13.1. The van der Waals surface area contributed by atoms with Crippen LogP contribution in [0.15, 0.2) is 67.0 Å². The van der Waals surface area contributed by atoms with Gasteiger partial charge in [-0.15, -0.1) is 0 Å². The molecule has 4 nitrogen and oxygen atoms in total. The van der Waals surface area contributed by atoms with E-state index in [2.05, 4.69) is 32.9 Å². The van der Waals surface area contributed by atoms with Gasteiger partial charge in [0.2, 0.25) is 0 Å². The molecule has 0 aliphatic carbocycles. The topological polar surface area (TPSA) is 51.2 Å². The van der Waals surface area contributed by atoms with Crippen molar-refractivity contribution in [1.82, 2.24) is 4.98 Å². The third-order valence-electron chi connectivity index (χ3n) is 3.43. The molecule has 25 heavy (non-hydrogen) atoms. The molecule has 0 spiro atoms. The summed E-state index contributed by atoms with van der Waals surface area (Å²) in [5.74, 6) is 0.378. The van der Waals surface area contributed by atoms with Crippen LogP contribution in [-0.2, 0) is 6.61 Å². The van der Waals surface area contributed by atoms with Gasteiger partial charge in [0.1, 0.15) is 12.4 Å². The highest BCUT2D eigenvalue weighted by atomic mass is 127. The zero-order valence-corrected chi connectivity index (χ0v) is 16.0. The summed E-state index contributed by atoms with van der Waals surface area (Å²) < 4.78 is 6.59. The summed E-state index contributed by atoms with van der Waals surface area (Å²) in [5.41, 5.74) is 2.19. The first-order chi connectivity index (χ1) is 12.1. The Morgan fingerprint density at radius 2 is 2.00 bits per heavy atom. The summed E-state index contributed by atoms with van der Waals surface area (Å²) in [7, 11) is 0. The first kappa shape index (κ1) is 17.7. The van der Waals surface area contributed by atoms with Gasteiger partial charge in [0.15, 0.2) is 0 Å². The molecule has 1 aromatic heterocycles. The van der Waals surface area contributed by atoms with Gasteiger partial charge in [-0.05, 0) is 59.0 Å². The fourth-order valence-corrected chi connectivity index (χ4v) is 3.05. The van der Waals surface area contributed by atoms with Gasteiger partial charge >= 0.3 is 0 Å². The van der Waals surface area contributed by atoms with Crippen molar-refractivity contribution in [2.24, 2.45) is 0 Å². The van der Waals surface area contributed by atoms with Gasteiger partial charge < -0.3 is 10.1 Å². The summed E-state index contributed by atoms with van der Waals surface area (Å²) in [5, 5.41) is 3.28.